The second kappa shape index (κ2) is 5.58. The summed E-state index contributed by atoms with van der Waals surface area (Å²) in [6.07, 6.45) is 0. The molecule has 1 aromatic rings. The van der Waals surface area contributed by atoms with E-state index < -0.39 is 15.9 Å². The first-order valence-corrected chi connectivity index (χ1v) is 7.02. The van der Waals surface area contributed by atoms with Gasteiger partial charge in [-0.25, -0.2) is 13.5 Å². The maximum Gasteiger partial charge on any atom is 0.261 e. The molecule has 96 valence electrons. The lowest BCUT2D eigenvalue weighted by atomic mass is 10.6. The van der Waals surface area contributed by atoms with Crippen LogP contribution >= 0.6 is 11.3 Å². The number of thiophene rings is 1. The van der Waals surface area contributed by atoms with Gasteiger partial charge in [-0.3, -0.25) is 9.63 Å². The van der Waals surface area contributed by atoms with Crippen LogP contribution in [-0.4, -0.2) is 51.4 Å². The largest absolute Gasteiger partial charge is 0.275 e. The van der Waals surface area contributed by atoms with E-state index in [9.17, 15) is 13.2 Å². The van der Waals surface area contributed by atoms with Crippen LogP contribution in [0.4, 0.5) is 0 Å². The average molecular weight is 278 g/mol. The van der Waals surface area contributed by atoms with Crippen LogP contribution in [0.3, 0.4) is 0 Å². The zero-order valence-corrected chi connectivity index (χ0v) is 11.4. The molecule has 0 N–H and O–H groups in total. The molecule has 0 aliphatic rings. The van der Waals surface area contributed by atoms with Crippen LogP contribution in [0.15, 0.2) is 21.7 Å². The van der Waals surface area contributed by atoms with Gasteiger partial charge < -0.3 is 0 Å². The molecular formula is C9H14N2O4S2. The number of hydrogen-bond donors (Lipinski definition) is 0. The normalized spacial score (nSPS) is 11.8. The third kappa shape index (κ3) is 3.25. The van der Waals surface area contributed by atoms with Gasteiger partial charge in [0.1, 0.15) is 4.21 Å². The summed E-state index contributed by atoms with van der Waals surface area (Å²) in [5.74, 6) is -0.435. The lowest BCUT2D eigenvalue weighted by molar-refractivity contribution is -0.168. The Kier molecular flexibility index (Phi) is 4.63. The van der Waals surface area contributed by atoms with Crippen molar-refractivity contribution in [2.24, 2.45) is 0 Å². The predicted octanol–water partition coefficient (Wildman–Crippen LogP) is 0.388. The molecule has 8 heteroatoms. The van der Waals surface area contributed by atoms with E-state index in [0.717, 1.165) is 20.7 Å². The van der Waals surface area contributed by atoms with Crippen molar-refractivity contribution < 1.29 is 18.0 Å². The smallest absolute Gasteiger partial charge is 0.261 e. The number of sulfonamides is 1. The lowest BCUT2D eigenvalue weighted by Crippen LogP contribution is -2.38. The molecule has 1 amide bonds. The molecule has 1 rings (SSSR count). The van der Waals surface area contributed by atoms with Crippen molar-refractivity contribution in [3.8, 4) is 0 Å². The molecule has 0 spiro atoms. The number of carbonyl (C=O) groups is 1. The average Bonchev–Trinajstić information content (AvgIpc) is 2.81. The first-order chi connectivity index (χ1) is 7.89. The van der Waals surface area contributed by atoms with Gasteiger partial charge in [0.15, 0.2) is 0 Å². The zero-order valence-electron chi connectivity index (χ0n) is 9.78. The molecule has 0 fully saturated rings. The van der Waals surface area contributed by atoms with Gasteiger partial charge in [-0.2, -0.15) is 4.31 Å². The van der Waals surface area contributed by atoms with Gasteiger partial charge in [-0.05, 0) is 11.4 Å². The summed E-state index contributed by atoms with van der Waals surface area (Å²) in [6.45, 7) is -0.259. The molecular weight excluding hydrogens is 264 g/mol. The van der Waals surface area contributed by atoms with Crippen LogP contribution < -0.4 is 0 Å². The molecule has 0 unspecified atom stereocenters. The highest BCUT2D eigenvalue weighted by molar-refractivity contribution is 7.91. The summed E-state index contributed by atoms with van der Waals surface area (Å²) in [5.41, 5.74) is 0. The van der Waals surface area contributed by atoms with E-state index >= 15 is 0 Å². The molecule has 0 aromatic carbocycles. The summed E-state index contributed by atoms with van der Waals surface area (Å²) in [5, 5.41) is 2.66. The van der Waals surface area contributed by atoms with Crippen LogP contribution in [-0.2, 0) is 19.7 Å². The van der Waals surface area contributed by atoms with Crippen LogP contribution in [0, 0.1) is 0 Å². The van der Waals surface area contributed by atoms with Crippen molar-refractivity contribution in [1.29, 1.82) is 0 Å². The molecule has 0 aliphatic heterocycles. The topological polar surface area (TPSA) is 66.9 Å². The fourth-order valence-electron chi connectivity index (χ4n) is 1.04. The van der Waals surface area contributed by atoms with Crippen LogP contribution in [0.2, 0.25) is 0 Å². The molecule has 1 heterocycles. The Labute approximate surface area is 104 Å². The van der Waals surface area contributed by atoms with E-state index in [-0.39, 0.29) is 10.8 Å². The third-order valence-corrected chi connectivity index (χ3v) is 5.32. The summed E-state index contributed by atoms with van der Waals surface area (Å²) < 4.78 is 25.1. The standard InChI is InChI=1S/C9H14N2O4S2/c1-10(7-8(12)11(2)15-3)17(13,14)9-5-4-6-16-9/h4-6H,7H2,1-3H3. The summed E-state index contributed by atoms with van der Waals surface area (Å²) in [4.78, 5) is 16.2. The van der Waals surface area contributed by atoms with Gasteiger partial charge >= 0.3 is 0 Å². The van der Waals surface area contributed by atoms with Crippen molar-refractivity contribution in [2.45, 2.75) is 4.21 Å². The van der Waals surface area contributed by atoms with Gasteiger partial charge in [0.05, 0.1) is 13.7 Å². The molecule has 0 radical (unpaired) electrons. The maximum atomic E-state index is 12.0. The highest BCUT2D eigenvalue weighted by Crippen LogP contribution is 2.19. The van der Waals surface area contributed by atoms with Gasteiger partial charge in [0.25, 0.3) is 15.9 Å². The van der Waals surface area contributed by atoms with E-state index in [0.29, 0.717) is 0 Å². The van der Waals surface area contributed by atoms with E-state index in [4.69, 9.17) is 0 Å². The number of nitrogens with zero attached hydrogens (tertiary/aromatic N) is 2. The lowest BCUT2D eigenvalue weighted by Gasteiger charge is -2.19. The zero-order chi connectivity index (χ0) is 13.1. The molecule has 17 heavy (non-hydrogen) atoms. The Bertz CT molecular complexity index is 469. The fourth-order valence-corrected chi connectivity index (χ4v) is 3.36. The van der Waals surface area contributed by atoms with Crippen molar-refractivity contribution in [3.05, 3.63) is 17.5 Å². The molecule has 6 nitrogen and oxygen atoms in total. The fraction of sp³-hybridized carbons (Fsp3) is 0.444. The molecule has 0 atom stereocenters. The first kappa shape index (κ1) is 14.1. The van der Waals surface area contributed by atoms with Gasteiger partial charge in [-0.15, -0.1) is 11.3 Å². The number of carbonyl (C=O) groups excluding carboxylic acids is 1. The Morgan fingerprint density at radius 2 is 2.12 bits per heavy atom. The highest BCUT2D eigenvalue weighted by atomic mass is 32.2. The minimum absolute atomic E-state index is 0.216. The summed E-state index contributed by atoms with van der Waals surface area (Å²) in [7, 11) is 0.537. The second-order valence-corrected chi connectivity index (χ2v) is 6.49. The molecule has 0 saturated carbocycles. The number of hydrogen-bond acceptors (Lipinski definition) is 5. The van der Waals surface area contributed by atoms with Crippen molar-refractivity contribution >= 4 is 27.3 Å². The molecule has 0 bridgehead atoms. The maximum absolute atomic E-state index is 12.0. The van der Waals surface area contributed by atoms with Crippen LogP contribution in [0.1, 0.15) is 0 Å². The number of likely N-dealkylation sites (N-methyl/N-ethyl adjacent to an activating group) is 2. The van der Waals surface area contributed by atoms with Crippen molar-refractivity contribution in [3.63, 3.8) is 0 Å². The number of hydroxylamine groups is 2. The Morgan fingerprint density at radius 3 is 2.59 bits per heavy atom. The molecule has 0 saturated heterocycles. The molecule has 1 aromatic heterocycles. The highest BCUT2D eigenvalue weighted by Gasteiger charge is 2.24. The minimum Gasteiger partial charge on any atom is -0.275 e. The third-order valence-electron chi connectivity index (χ3n) is 2.14. The van der Waals surface area contributed by atoms with E-state index in [1.165, 1.54) is 27.3 Å². The first-order valence-electron chi connectivity index (χ1n) is 4.70. The number of amides is 1. The minimum atomic E-state index is -3.58. The van der Waals surface area contributed by atoms with E-state index in [2.05, 4.69) is 4.84 Å². The SMILES string of the molecule is CON(C)C(=O)CN(C)S(=O)(=O)c1cccs1. The van der Waals surface area contributed by atoms with Crippen molar-refractivity contribution in [1.82, 2.24) is 9.37 Å². The Morgan fingerprint density at radius 1 is 1.47 bits per heavy atom. The predicted molar refractivity (Wildman–Crippen MR) is 63.9 cm³/mol. The van der Waals surface area contributed by atoms with Crippen LogP contribution in [0.5, 0.6) is 0 Å². The van der Waals surface area contributed by atoms with Gasteiger partial charge in [0, 0.05) is 14.1 Å². The second-order valence-electron chi connectivity index (χ2n) is 3.27. The van der Waals surface area contributed by atoms with E-state index in [1.54, 1.807) is 11.4 Å². The monoisotopic (exact) mass is 278 g/mol. The van der Waals surface area contributed by atoms with Gasteiger partial charge in [0.2, 0.25) is 0 Å². The van der Waals surface area contributed by atoms with Crippen LogP contribution in [0.25, 0.3) is 0 Å². The summed E-state index contributed by atoms with van der Waals surface area (Å²) in [6, 6.07) is 3.15. The Hall–Kier alpha value is -0.960. The summed E-state index contributed by atoms with van der Waals surface area (Å²) >= 11 is 1.11. The quantitative estimate of drug-likeness (QED) is 0.731. The molecule has 0 aliphatic carbocycles. The van der Waals surface area contributed by atoms with Crippen molar-refractivity contribution in [2.75, 3.05) is 27.7 Å². The Balaban J connectivity index is 2.78. The number of rotatable bonds is 5. The van der Waals surface area contributed by atoms with E-state index in [1.807, 2.05) is 0 Å². The van der Waals surface area contributed by atoms with Gasteiger partial charge in [-0.1, -0.05) is 6.07 Å².